The molecule has 5 aromatic rings. The molecule has 0 aliphatic carbocycles. The van der Waals surface area contributed by atoms with E-state index < -0.39 is 5.91 Å². The first-order valence-corrected chi connectivity index (χ1v) is 15.1. The van der Waals surface area contributed by atoms with Crippen molar-refractivity contribution in [3.63, 3.8) is 0 Å². The molecule has 0 radical (unpaired) electrons. The number of anilines is 1. The van der Waals surface area contributed by atoms with Gasteiger partial charge in [-0.3, -0.25) is 4.79 Å². The second-order valence-corrected chi connectivity index (χ2v) is 11.1. The summed E-state index contributed by atoms with van der Waals surface area (Å²) >= 11 is 10.1. The summed E-state index contributed by atoms with van der Waals surface area (Å²) in [5.74, 6) is 0.913. The molecule has 220 valence electrons. The lowest BCUT2D eigenvalue weighted by Gasteiger charge is -2.15. The van der Waals surface area contributed by atoms with E-state index in [1.807, 2.05) is 61.5 Å². The molecular weight excluding hydrogens is 640 g/mol. The minimum Gasteiger partial charge on any atom is -0.490 e. The Hall–Kier alpha value is -4.77. The number of nitrogens with zero attached hydrogens (tertiary/aromatic N) is 1. The third-order valence-corrected chi connectivity index (χ3v) is 7.50. The van der Waals surface area contributed by atoms with Gasteiger partial charge in [0.05, 0.1) is 11.6 Å². The van der Waals surface area contributed by atoms with Crippen LogP contribution in [-0.4, -0.2) is 12.5 Å². The highest BCUT2D eigenvalue weighted by Crippen LogP contribution is 2.38. The Morgan fingerprint density at radius 3 is 2.41 bits per heavy atom. The molecule has 5 aromatic carbocycles. The molecule has 0 spiro atoms. The summed E-state index contributed by atoms with van der Waals surface area (Å²) in [5, 5.41) is 15.1. The van der Waals surface area contributed by atoms with E-state index >= 15 is 0 Å². The Labute approximate surface area is 269 Å². The fourth-order valence-electron chi connectivity index (χ4n) is 4.54. The SMILES string of the molecule is CCOc1cc(/C=C(\C#N)C(=O)Nc2ccc(OCc3ccc(Br)cc3)cc2)cc(Cl)c1OCc1cccc2ccccc12. The van der Waals surface area contributed by atoms with Crippen LogP contribution >= 0.6 is 27.5 Å². The number of fused-ring (bicyclic) bond motifs is 1. The molecule has 44 heavy (non-hydrogen) atoms. The number of nitriles is 1. The molecule has 0 aliphatic rings. The van der Waals surface area contributed by atoms with Crippen molar-refractivity contribution in [3.05, 3.63) is 135 Å². The molecule has 0 saturated heterocycles. The fraction of sp³-hybridized carbons (Fsp3) is 0.111. The van der Waals surface area contributed by atoms with Crippen LogP contribution in [0.5, 0.6) is 17.2 Å². The van der Waals surface area contributed by atoms with Gasteiger partial charge in [0.25, 0.3) is 5.91 Å². The molecule has 0 saturated carbocycles. The van der Waals surface area contributed by atoms with Gasteiger partial charge in [-0.25, -0.2) is 0 Å². The van der Waals surface area contributed by atoms with Crippen molar-refractivity contribution in [2.75, 3.05) is 11.9 Å². The normalized spacial score (nSPS) is 11.1. The molecule has 1 N–H and O–H groups in total. The molecular formula is C36H28BrClN2O4. The number of hydrogen-bond donors (Lipinski definition) is 1. The topological polar surface area (TPSA) is 80.6 Å². The summed E-state index contributed by atoms with van der Waals surface area (Å²) < 4.78 is 18.8. The van der Waals surface area contributed by atoms with Gasteiger partial charge < -0.3 is 19.5 Å². The van der Waals surface area contributed by atoms with E-state index in [1.165, 1.54) is 6.08 Å². The van der Waals surface area contributed by atoms with Crippen molar-refractivity contribution in [2.24, 2.45) is 0 Å². The monoisotopic (exact) mass is 666 g/mol. The number of amides is 1. The molecule has 5 rings (SSSR count). The van der Waals surface area contributed by atoms with Crippen molar-refractivity contribution in [1.82, 2.24) is 0 Å². The lowest BCUT2D eigenvalue weighted by Crippen LogP contribution is -2.13. The van der Waals surface area contributed by atoms with Gasteiger partial charge in [-0.05, 0) is 89.0 Å². The first kappa shape index (κ1) is 30.7. The van der Waals surface area contributed by atoms with Crippen LogP contribution < -0.4 is 19.5 Å². The Balaban J connectivity index is 1.27. The predicted molar refractivity (Wildman–Crippen MR) is 178 cm³/mol. The number of ether oxygens (including phenoxy) is 3. The van der Waals surface area contributed by atoms with Gasteiger partial charge in [0, 0.05) is 10.2 Å². The average molecular weight is 668 g/mol. The summed E-state index contributed by atoms with van der Waals surface area (Å²) in [4.78, 5) is 13.0. The van der Waals surface area contributed by atoms with Crippen LogP contribution in [0.3, 0.4) is 0 Å². The molecule has 0 unspecified atom stereocenters. The van der Waals surface area contributed by atoms with Gasteiger partial charge in [0.2, 0.25) is 0 Å². The molecule has 0 heterocycles. The number of carbonyl (C=O) groups is 1. The minimum atomic E-state index is -0.554. The molecule has 8 heteroatoms. The van der Waals surface area contributed by atoms with Gasteiger partial charge in [-0.1, -0.05) is 82.1 Å². The van der Waals surface area contributed by atoms with Crippen LogP contribution in [0.2, 0.25) is 5.02 Å². The lowest BCUT2D eigenvalue weighted by atomic mass is 10.1. The number of rotatable bonds is 11. The maximum absolute atomic E-state index is 13.0. The molecule has 1 amide bonds. The summed E-state index contributed by atoms with van der Waals surface area (Å²) in [6.45, 7) is 2.94. The van der Waals surface area contributed by atoms with E-state index in [2.05, 4.69) is 39.4 Å². The Morgan fingerprint density at radius 1 is 0.909 bits per heavy atom. The second kappa shape index (κ2) is 14.6. The van der Waals surface area contributed by atoms with E-state index in [-0.39, 0.29) is 12.2 Å². The van der Waals surface area contributed by atoms with Crippen LogP contribution in [-0.2, 0) is 18.0 Å². The van der Waals surface area contributed by atoms with Gasteiger partial charge >= 0.3 is 0 Å². The zero-order valence-electron chi connectivity index (χ0n) is 23.8. The highest BCUT2D eigenvalue weighted by Gasteiger charge is 2.16. The first-order valence-electron chi connectivity index (χ1n) is 13.9. The van der Waals surface area contributed by atoms with Gasteiger partial charge in [0.1, 0.15) is 30.6 Å². The largest absolute Gasteiger partial charge is 0.490 e. The Bertz CT molecular complexity index is 1840. The van der Waals surface area contributed by atoms with Gasteiger partial charge in [-0.15, -0.1) is 0 Å². The maximum atomic E-state index is 13.0. The van der Waals surface area contributed by atoms with E-state index in [1.54, 1.807) is 36.4 Å². The van der Waals surface area contributed by atoms with Crippen LogP contribution in [0.1, 0.15) is 23.6 Å². The highest BCUT2D eigenvalue weighted by molar-refractivity contribution is 9.10. The van der Waals surface area contributed by atoms with Gasteiger partial charge in [0.15, 0.2) is 11.5 Å². The van der Waals surface area contributed by atoms with Crippen molar-refractivity contribution in [3.8, 4) is 23.3 Å². The number of hydrogen-bond acceptors (Lipinski definition) is 5. The van der Waals surface area contributed by atoms with Crippen molar-refractivity contribution in [2.45, 2.75) is 20.1 Å². The molecule has 0 atom stereocenters. The van der Waals surface area contributed by atoms with Crippen LogP contribution in [0.4, 0.5) is 5.69 Å². The van der Waals surface area contributed by atoms with E-state index in [0.717, 1.165) is 26.4 Å². The van der Waals surface area contributed by atoms with Crippen molar-refractivity contribution < 1.29 is 19.0 Å². The second-order valence-electron chi connectivity index (χ2n) is 9.75. The van der Waals surface area contributed by atoms with E-state index in [9.17, 15) is 10.1 Å². The van der Waals surface area contributed by atoms with Crippen molar-refractivity contribution in [1.29, 1.82) is 5.26 Å². The van der Waals surface area contributed by atoms with E-state index in [0.29, 0.717) is 46.7 Å². The van der Waals surface area contributed by atoms with Crippen LogP contribution in [0, 0.1) is 11.3 Å². The Kier molecular flexibility index (Phi) is 10.2. The summed E-state index contributed by atoms with van der Waals surface area (Å²) in [6, 6.07) is 34.3. The third-order valence-electron chi connectivity index (χ3n) is 6.69. The smallest absolute Gasteiger partial charge is 0.266 e. The number of carbonyl (C=O) groups excluding carboxylic acids is 1. The molecule has 6 nitrogen and oxygen atoms in total. The van der Waals surface area contributed by atoms with Crippen LogP contribution in [0.15, 0.2) is 113 Å². The Morgan fingerprint density at radius 2 is 1.66 bits per heavy atom. The summed E-state index contributed by atoms with van der Waals surface area (Å²) in [6.07, 6.45) is 1.47. The summed E-state index contributed by atoms with van der Waals surface area (Å²) in [7, 11) is 0. The molecule has 0 bridgehead atoms. The highest BCUT2D eigenvalue weighted by atomic mass is 79.9. The quantitative estimate of drug-likeness (QED) is 0.112. The van der Waals surface area contributed by atoms with Crippen molar-refractivity contribution >= 4 is 56.0 Å². The summed E-state index contributed by atoms with van der Waals surface area (Å²) in [5.41, 5.74) is 3.00. The van der Waals surface area contributed by atoms with Gasteiger partial charge in [-0.2, -0.15) is 5.26 Å². The number of halogens is 2. The third kappa shape index (κ3) is 7.78. The average Bonchev–Trinajstić information content (AvgIpc) is 3.04. The van der Waals surface area contributed by atoms with E-state index in [4.69, 9.17) is 25.8 Å². The minimum absolute atomic E-state index is 0.0940. The zero-order chi connectivity index (χ0) is 30.9. The zero-order valence-corrected chi connectivity index (χ0v) is 26.2. The number of nitrogens with one attached hydrogen (secondary N) is 1. The van der Waals surface area contributed by atoms with Crippen LogP contribution in [0.25, 0.3) is 16.8 Å². The molecule has 0 aliphatic heterocycles. The first-order chi connectivity index (χ1) is 21.4. The standard InChI is InChI=1S/C36H28BrClN2O4/c1-2-42-34-20-25(19-33(38)35(34)44-23-27-8-5-7-26-6-3-4-9-32(26)27)18-28(21-39)36(41)40-30-14-16-31(17-15-30)43-22-24-10-12-29(37)13-11-24/h3-20H,2,22-23H2,1H3,(H,40,41)/b28-18+. The molecule has 0 fully saturated rings. The number of benzene rings is 5. The lowest BCUT2D eigenvalue weighted by molar-refractivity contribution is -0.112. The maximum Gasteiger partial charge on any atom is 0.266 e. The molecule has 0 aromatic heterocycles. The fourth-order valence-corrected chi connectivity index (χ4v) is 5.08. The predicted octanol–water partition coefficient (Wildman–Crippen LogP) is 9.36.